The molecule has 1 unspecified atom stereocenters. The van der Waals surface area contributed by atoms with Crippen molar-refractivity contribution in [3.05, 3.63) is 18.2 Å². The third-order valence-electron chi connectivity index (χ3n) is 3.35. The van der Waals surface area contributed by atoms with Crippen LogP contribution in [0.4, 0.5) is 0 Å². The maximum absolute atomic E-state index is 12.3. The highest BCUT2D eigenvalue weighted by molar-refractivity contribution is 5.79. The first-order valence-corrected chi connectivity index (χ1v) is 6.26. The van der Waals surface area contributed by atoms with Crippen LogP contribution in [0.1, 0.15) is 12.2 Å². The van der Waals surface area contributed by atoms with Crippen LogP contribution in [-0.2, 0) is 17.8 Å². The number of aromatic nitrogens is 2. The fourth-order valence-electron chi connectivity index (χ4n) is 2.39. The minimum atomic E-state index is -0.0852. The van der Waals surface area contributed by atoms with E-state index in [1.807, 2.05) is 6.20 Å². The second-order valence-corrected chi connectivity index (χ2v) is 4.50. The predicted molar refractivity (Wildman–Crippen MR) is 64.8 cm³/mol. The Labute approximate surface area is 106 Å². The molecule has 0 aliphatic carbocycles. The lowest BCUT2D eigenvalue weighted by Crippen LogP contribution is -2.42. The Morgan fingerprint density at radius 3 is 2.83 bits per heavy atom. The van der Waals surface area contributed by atoms with E-state index in [9.17, 15) is 4.79 Å². The molecule has 100 valence electrons. The van der Waals surface area contributed by atoms with Crippen LogP contribution in [0.3, 0.4) is 0 Å². The third kappa shape index (κ3) is 2.70. The molecular weight excluding hydrogens is 234 g/mol. The number of fused-ring (bicyclic) bond motifs is 1. The van der Waals surface area contributed by atoms with E-state index in [2.05, 4.69) is 9.55 Å². The van der Waals surface area contributed by atoms with Gasteiger partial charge < -0.3 is 19.7 Å². The van der Waals surface area contributed by atoms with E-state index in [-0.39, 0.29) is 38.1 Å². The molecule has 1 atom stereocenters. The molecule has 6 heteroatoms. The molecule has 0 bridgehead atoms. The number of aliphatic hydroxyl groups excluding tert-OH is 2. The van der Waals surface area contributed by atoms with Gasteiger partial charge in [-0.25, -0.2) is 4.98 Å². The molecule has 1 aliphatic rings. The molecule has 2 rings (SSSR count). The normalized spacial score (nSPS) is 18.4. The van der Waals surface area contributed by atoms with Crippen molar-refractivity contribution in [1.82, 2.24) is 14.5 Å². The van der Waals surface area contributed by atoms with Crippen LogP contribution in [0.5, 0.6) is 0 Å². The molecule has 18 heavy (non-hydrogen) atoms. The zero-order chi connectivity index (χ0) is 13.0. The van der Waals surface area contributed by atoms with E-state index in [4.69, 9.17) is 10.2 Å². The molecule has 1 amide bonds. The number of aliphatic hydroxyl groups is 2. The Bertz CT molecular complexity index is 399. The Hall–Kier alpha value is -1.40. The van der Waals surface area contributed by atoms with Gasteiger partial charge in [0.15, 0.2) is 0 Å². The summed E-state index contributed by atoms with van der Waals surface area (Å²) in [7, 11) is 0. The van der Waals surface area contributed by atoms with Gasteiger partial charge in [0.2, 0.25) is 5.91 Å². The Kier molecular flexibility index (Phi) is 4.33. The number of amides is 1. The van der Waals surface area contributed by atoms with Crippen LogP contribution in [0.15, 0.2) is 12.4 Å². The van der Waals surface area contributed by atoms with Crippen molar-refractivity contribution in [2.75, 3.05) is 26.3 Å². The summed E-state index contributed by atoms with van der Waals surface area (Å²) in [4.78, 5) is 18.0. The summed E-state index contributed by atoms with van der Waals surface area (Å²) < 4.78 is 2.06. The Morgan fingerprint density at radius 2 is 2.17 bits per heavy atom. The maximum atomic E-state index is 12.3. The summed E-state index contributed by atoms with van der Waals surface area (Å²) in [6.45, 7) is 1.21. The molecule has 0 saturated heterocycles. The van der Waals surface area contributed by atoms with Gasteiger partial charge in [0.25, 0.3) is 0 Å². The van der Waals surface area contributed by atoms with E-state index < -0.39 is 0 Å². The molecule has 6 nitrogen and oxygen atoms in total. The van der Waals surface area contributed by atoms with Crippen molar-refractivity contribution < 1.29 is 15.0 Å². The lowest BCUT2D eigenvalue weighted by Gasteiger charge is -2.28. The van der Waals surface area contributed by atoms with Crippen LogP contribution < -0.4 is 0 Å². The molecule has 0 saturated carbocycles. The van der Waals surface area contributed by atoms with Gasteiger partial charge in [-0.2, -0.15) is 0 Å². The molecule has 2 heterocycles. The summed E-state index contributed by atoms with van der Waals surface area (Å²) >= 11 is 0. The number of hydrogen-bond donors (Lipinski definition) is 2. The summed E-state index contributed by atoms with van der Waals surface area (Å²) in [6, 6.07) is 0. The predicted octanol–water partition coefficient (Wildman–Crippen LogP) is -0.741. The summed E-state index contributed by atoms with van der Waals surface area (Å²) in [5.41, 5.74) is 0. The van der Waals surface area contributed by atoms with Crippen molar-refractivity contribution in [3.63, 3.8) is 0 Å². The van der Waals surface area contributed by atoms with Crippen LogP contribution in [0, 0.1) is 5.92 Å². The minimum Gasteiger partial charge on any atom is -0.395 e. The average Bonchev–Trinajstić information content (AvgIpc) is 2.84. The number of aryl methyl sites for hydroxylation is 1. The number of nitrogens with zero attached hydrogens (tertiary/aromatic N) is 3. The van der Waals surface area contributed by atoms with E-state index in [0.717, 1.165) is 18.8 Å². The molecule has 0 radical (unpaired) electrons. The first-order chi connectivity index (χ1) is 8.76. The van der Waals surface area contributed by atoms with E-state index in [1.54, 1.807) is 6.20 Å². The fourth-order valence-corrected chi connectivity index (χ4v) is 2.39. The van der Waals surface area contributed by atoms with Crippen LogP contribution >= 0.6 is 0 Å². The summed E-state index contributed by atoms with van der Waals surface area (Å²) in [6.07, 6.45) is 5.10. The highest BCUT2D eigenvalue weighted by atomic mass is 16.3. The quantitative estimate of drug-likeness (QED) is 0.724. The number of carbonyl (C=O) groups excluding carboxylic acids is 1. The van der Waals surface area contributed by atoms with Gasteiger partial charge in [-0.05, 0) is 6.42 Å². The monoisotopic (exact) mass is 253 g/mol. The third-order valence-corrected chi connectivity index (χ3v) is 3.35. The Balaban J connectivity index is 2.01. The lowest BCUT2D eigenvalue weighted by atomic mass is 9.96. The van der Waals surface area contributed by atoms with Crippen LogP contribution in [0.2, 0.25) is 0 Å². The standard InChI is InChI=1S/C12H19N3O3/c16-7-5-15(6-8-17)12(18)10-1-3-14-4-2-13-11(14)9-10/h2,4,10,16-17H,1,3,5-9H2. The minimum absolute atomic E-state index is 0.00681. The van der Waals surface area contributed by atoms with Crippen molar-refractivity contribution >= 4 is 5.91 Å². The Morgan fingerprint density at radius 1 is 1.44 bits per heavy atom. The number of carbonyl (C=O) groups is 1. The van der Waals surface area contributed by atoms with Gasteiger partial charge in [-0.15, -0.1) is 0 Å². The van der Waals surface area contributed by atoms with Crippen molar-refractivity contribution in [2.45, 2.75) is 19.4 Å². The SMILES string of the molecule is O=C(C1CCn2ccnc2C1)N(CCO)CCO. The zero-order valence-electron chi connectivity index (χ0n) is 10.3. The molecule has 1 aromatic heterocycles. The second kappa shape index (κ2) is 5.97. The maximum Gasteiger partial charge on any atom is 0.226 e. The summed E-state index contributed by atoms with van der Waals surface area (Å²) in [5, 5.41) is 17.9. The highest BCUT2D eigenvalue weighted by Gasteiger charge is 2.28. The molecular formula is C12H19N3O3. The first-order valence-electron chi connectivity index (χ1n) is 6.26. The van der Waals surface area contributed by atoms with E-state index in [0.29, 0.717) is 6.42 Å². The number of rotatable bonds is 5. The summed E-state index contributed by atoms with van der Waals surface area (Å²) in [5.74, 6) is 0.859. The molecule has 2 N–H and O–H groups in total. The molecule has 0 fully saturated rings. The highest BCUT2D eigenvalue weighted by Crippen LogP contribution is 2.21. The van der Waals surface area contributed by atoms with Gasteiger partial charge in [0.05, 0.1) is 13.2 Å². The lowest BCUT2D eigenvalue weighted by molar-refractivity contribution is -0.137. The van der Waals surface area contributed by atoms with Crippen molar-refractivity contribution in [3.8, 4) is 0 Å². The van der Waals surface area contributed by atoms with Gasteiger partial charge in [0, 0.05) is 44.4 Å². The molecule has 1 aliphatic heterocycles. The number of hydrogen-bond acceptors (Lipinski definition) is 4. The smallest absolute Gasteiger partial charge is 0.226 e. The average molecular weight is 253 g/mol. The molecule has 1 aromatic rings. The molecule has 0 spiro atoms. The van der Waals surface area contributed by atoms with E-state index in [1.165, 1.54) is 4.90 Å². The van der Waals surface area contributed by atoms with Crippen molar-refractivity contribution in [2.24, 2.45) is 5.92 Å². The van der Waals surface area contributed by atoms with Crippen LogP contribution in [0.25, 0.3) is 0 Å². The largest absolute Gasteiger partial charge is 0.395 e. The number of imidazole rings is 1. The van der Waals surface area contributed by atoms with E-state index >= 15 is 0 Å². The van der Waals surface area contributed by atoms with Gasteiger partial charge >= 0.3 is 0 Å². The van der Waals surface area contributed by atoms with Gasteiger partial charge in [-0.1, -0.05) is 0 Å². The van der Waals surface area contributed by atoms with Crippen molar-refractivity contribution in [1.29, 1.82) is 0 Å². The zero-order valence-corrected chi connectivity index (χ0v) is 10.3. The van der Waals surface area contributed by atoms with Gasteiger partial charge in [0.1, 0.15) is 5.82 Å². The topological polar surface area (TPSA) is 78.6 Å². The first kappa shape index (κ1) is 13.0. The molecule has 0 aromatic carbocycles. The van der Waals surface area contributed by atoms with Crippen LogP contribution in [-0.4, -0.2) is 56.9 Å². The fraction of sp³-hybridized carbons (Fsp3) is 0.667. The van der Waals surface area contributed by atoms with Gasteiger partial charge in [-0.3, -0.25) is 4.79 Å². The second-order valence-electron chi connectivity index (χ2n) is 4.50.